The fourth-order valence-electron chi connectivity index (χ4n) is 7.02. The zero-order valence-corrected chi connectivity index (χ0v) is 27.7. The van der Waals surface area contributed by atoms with Crippen molar-refractivity contribution in [2.24, 2.45) is 5.41 Å². The lowest BCUT2D eigenvalue weighted by molar-refractivity contribution is -0.134. The second kappa shape index (κ2) is 15.0. The molecule has 45 heavy (non-hydrogen) atoms. The molecule has 1 aromatic carbocycles. The highest BCUT2D eigenvalue weighted by Crippen LogP contribution is 2.37. The lowest BCUT2D eigenvalue weighted by atomic mass is 9.74. The first-order valence-corrected chi connectivity index (χ1v) is 18.5. The van der Waals surface area contributed by atoms with Gasteiger partial charge in [0.05, 0.1) is 12.9 Å². The van der Waals surface area contributed by atoms with Crippen LogP contribution < -0.4 is 10.1 Å². The van der Waals surface area contributed by atoms with Crippen molar-refractivity contribution in [1.82, 2.24) is 24.5 Å². The summed E-state index contributed by atoms with van der Waals surface area (Å²) in [5.41, 5.74) is 2.90. The molecular formula is C34H49N5O5S. The number of hydrogen-bond donors (Lipinski definition) is 1. The fraction of sp³-hybridized carbons (Fsp3) is 0.647. The van der Waals surface area contributed by atoms with Crippen LogP contribution in [-0.4, -0.2) is 85.0 Å². The van der Waals surface area contributed by atoms with Gasteiger partial charge in [0, 0.05) is 62.9 Å². The number of piperidine rings is 2. The molecular weight excluding hydrogens is 590 g/mol. The maximum atomic E-state index is 13.3. The van der Waals surface area contributed by atoms with Gasteiger partial charge < -0.3 is 15.0 Å². The fourth-order valence-corrected chi connectivity index (χ4v) is 7.93. The molecule has 1 spiro atoms. The molecule has 246 valence electrons. The standard InChI is InChI=1S/C34H49N5O5S/c1-26-23-29(37-33(36-26)28-11-7-19-39(24-28)45(2,42)43)14-15-32(41)38-20-17-34(18-21-38)16-6-5-10-27-9-3-4-12-30(27)44-22-8-13-31(40)35-25-34/h3-4,9,12,23,28H,5-8,10-11,13-22,24-25H2,1-2H3,(H,35,40). The highest BCUT2D eigenvalue weighted by Gasteiger charge is 2.36. The average molecular weight is 640 g/mol. The van der Waals surface area contributed by atoms with Crippen molar-refractivity contribution in [3.8, 4) is 5.75 Å². The molecule has 1 aromatic heterocycles. The lowest BCUT2D eigenvalue weighted by Gasteiger charge is -2.42. The minimum absolute atomic E-state index is 0.00505. The smallest absolute Gasteiger partial charge is 0.222 e. The largest absolute Gasteiger partial charge is 0.493 e. The van der Waals surface area contributed by atoms with Gasteiger partial charge in [-0.2, -0.15) is 0 Å². The second-order valence-electron chi connectivity index (χ2n) is 13.2. The molecule has 0 saturated carbocycles. The number of nitrogens with zero attached hydrogens (tertiary/aromatic N) is 4. The van der Waals surface area contributed by atoms with Crippen LogP contribution in [0.2, 0.25) is 0 Å². The number of amides is 2. The SMILES string of the molecule is Cc1cc(CCC(=O)N2CCC3(CCCCc4ccccc4OCCCC(=O)NC3)CC2)nc(C2CCCN(S(C)(=O)=O)C2)n1. The normalized spacial score (nSPS) is 22.1. The maximum absolute atomic E-state index is 13.3. The minimum Gasteiger partial charge on any atom is -0.493 e. The molecule has 4 heterocycles. The summed E-state index contributed by atoms with van der Waals surface area (Å²) >= 11 is 0. The van der Waals surface area contributed by atoms with Gasteiger partial charge in [-0.1, -0.05) is 24.6 Å². The van der Waals surface area contributed by atoms with Gasteiger partial charge in [0.25, 0.3) is 0 Å². The summed E-state index contributed by atoms with van der Waals surface area (Å²) in [5.74, 6) is 1.77. The van der Waals surface area contributed by atoms with Gasteiger partial charge in [-0.3, -0.25) is 9.59 Å². The molecule has 0 aliphatic carbocycles. The first kappa shape index (κ1) is 33.3. The predicted molar refractivity (Wildman–Crippen MR) is 173 cm³/mol. The van der Waals surface area contributed by atoms with Crippen molar-refractivity contribution in [2.75, 3.05) is 45.6 Å². The molecule has 5 rings (SSSR count). The average Bonchev–Trinajstić information content (AvgIpc) is 3.03. The monoisotopic (exact) mass is 639 g/mol. The first-order valence-electron chi connectivity index (χ1n) is 16.7. The summed E-state index contributed by atoms with van der Waals surface area (Å²) in [6.07, 6.45) is 10.8. The van der Waals surface area contributed by atoms with Gasteiger partial charge in [0.15, 0.2) is 0 Å². The molecule has 0 bridgehead atoms. The Balaban J connectivity index is 1.16. The lowest BCUT2D eigenvalue weighted by Crippen LogP contribution is -2.48. The second-order valence-corrected chi connectivity index (χ2v) is 15.2. The number of para-hydroxylation sites is 1. The van der Waals surface area contributed by atoms with Crippen molar-refractivity contribution in [3.05, 3.63) is 53.1 Å². The Morgan fingerprint density at radius 3 is 2.64 bits per heavy atom. The molecule has 3 aliphatic rings. The molecule has 2 fully saturated rings. The van der Waals surface area contributed by atoms with Crippen LogP contribution in [0.5, 0.6) is 5.75 Å². The number of benzene rings is 1. The van der Waals surface area contributed by atoms with Crippen LogP contribution in [0.3, 0.4) is 0 Å². The number of carbonyl (C=O) groups is 2. The summed E-state index contributed by atoms with van der Waals surface area (Å²) in [6, 6.07) is 10.1. The number of aromatic nitrogens is 2. The molecule has 3 aliphatic heterocycles. The minimum atomic E-state index is -3.26. The van der Waals surface area contributed by atoms with Crippen molar-refractivity contribution in [2.45, 2.75) is 89.9 Å². The van der Waals surface area contributed by atoms with E-state index in [0.29, 0.717) is 70.8 Å². The van der Waals surface area contributed by atoms with Crippen molar-refractivity contribution in [3.63, 3.8) is 0 Å². The van der Waals surface area contributed by atoms with Crippen LogP contribution in [0.25, 0.3) is 0 Å². The number of aryl methyl sites for hydroxylation is 3. The molecule has 1 atom stereocenters. The van der Waals surface area contributed by atoms with Gasteiger partial charge in [0.2, 0.25) is 21.8 Å². The van der Waals surface area contributed by atoms with Gasteiger partial charge in [-0.05, 0) is 87.8 Å². The van der Waals surface area contributed by atoms with Crippen LogP contribution in [0.15, 0.2) is 30.3 Å². The summed E-state index contributed by atoms with van der Waals surface area (Å²) in [4.78, 5) is 37.4. The van der Waals surface area contributed by atoms with E-state index >= 15 is 0 Å². The van der Waals surface area contributed by atoms with Crippen LogP contribution in [-0.2, 0) is 32.5 Å². The zero-order valence-electron chi connectivity index (χ0n) is 26.9. The molecule has 11 heteroatoms. The van der Waals surface area contributed by atoms with E-state index in [4.69, 9.17) is 9.72 Å². The Morgan fingerprint density at radius 2 is 1.84 bits per heavy atom. The van der Waals surface area contributed by atoms with Crippen molar-refractivity contribution in [1.29, 1.82) is 0 Å². The van der Waals surface area contributed by atoms with E-state index in [0.717, 1.165) is 68.5 Å². The number of likely N-dealkylation sites (tertiary alicyclic amines) is 1. The van der Waals surface area contributed by atoms with Gasteiger partial charge >= 0.3 is 0 Å². The molecule has 0 radical (unpaired) electrons. The molecule has 2 aromatic rings. The summed E-state index contributed by atoms with van der Waals surface area (Å²) in [6.45, 7) is 5.45. The summed E-state index contributed by atoms with van der Waals surface area (Å²) < 4.78 is 31.7. The third kappa shape index (κ3) is 9.25. The number of rotatable bonds is 5. The first-order chi connectivity index (χ1) is 21.6. The molecule has 2 amide bonds. The van der Waals surface area contributed by atoms with E-state index in [-0.39, 0.29) is 23.1 Å². The van der Waals surface area contributed by atoms with Crippen LogP contribution in [0, 0.1) is 12.3 Å². The molecule has 1 unspecified atom stereocenters. The molecule has 2 saturated heterocycles. The van der Waals surface area contributed by atoms with Crippen molar-refractivity contribution < 1.29 is 22.7 Å². The van der Waals surface area contributed by atoms with Gasteiger partial charge in [-0.15, -0.1) is 0 Å². The quantitative estimate of drug-likeness (QED) is 0.521. The molecule has 10 nitrogen and oxygen atoms in total. The topological polar surface area (TPSA) is 122 Å². The number of nitrogens with one attached hydrogen (secondary N) is 1. The van der Waals surface area contributed by atoms with Gasteiger partial charge in [0.1, 0.15) is 11.6 Å². The van der Waals surface area contributed by atoms with E-state index < -0.39 is 10.0 Å². The van der Waals surface area contributed by atoms with Crippen LogP contribution in [0.1, 0.15) is 92.9 Å². The summed E-state index contributed by atoms with van der Waals surface area (Å²) in [7, 11) is -3.26. The number of fused-ring (bicyclic) bond motifs is 1. The van der Waals surface area contributed by atoms with E-state index in [2.05, 4.69) is 22.4 Å². The molecule has 1 N–H and O–H groups in total. The third-order valence-electron chi connectivity index (χ3n) is 9.76. The zero-order chi connectivity index (χ0) is 31.9. The predicted octanol–water partition coefficient (Wildman–Crippen LogP) is 4.17. The highest BCUT2D eigenvalue weighted by molar-refractivity contribution is 7.88. The van der Waals surface area contributed by atoms with Crippen LogP contribution >= 0.6 is 0 Å². The van der Waals surface area contributed by atoms with Gasteiger partial charge in [-0.25, -0.2) is 22.7 Å². The van der Waals surface area contributed by atoms with Crippen molar-refractivity contribution >= 4 is 21.8 Å². The highest BCUT2D eigenvalue weighted by atomic mass is 32.2. The Labute approximate surface area is 268 Å². The number of hydrogen-bond acceptors (Lipinski definition) is 7. The maximum Gasteiger partial charge on any atom is 0.222 e. The van der Waals surface area contributed by atoms with E-state index in [9.17, 15) is 18.0 Å². The third-order valence-corrected chi connectivity index (χ3v) is 11.0. The van der Waals surface area contributed by atoms with E-state index in [1.807, 2.05) is 30.0 Å². The summed E-state index contributed by atoms with van der Waals surface area (Å²) in [5, 5.41) is 3.21. The Morgan fingerprint density at radius 1 is 1.04 bits per heavy atom. The Hall–Kier alpha value is -3.05. The Kier molecular flexibility index (Phi) is 11.1. The number of ether oxygens (including phenoxy) is 1. The van der Waals surface area contributed by atoms with E-state index in [1.54, 1.807) is 0 Å². The number of sulfonamides is 1. The number of carbonyl (C=O) groups excluding carboxylic acids is 2. The van der Waals surface area contributed by atoms with Crippen LogP contribution in [0.4, 0.5) is 0 Å². The van der Waals surface area contributed by atoms with E-state index in [1.165, 1.54) is 16.1 Å². The Bertz CT molecular complexity index is 1440.